The molecule has 158 valence electrons. The third-order valence-electron chi connectivity index (χ3n) is 5.27. The highest BCUT2D eigenvalue weighted by Gasteiger charge is 2.29. The Hall–Kier alpha value is -2.78. The van der Waals surface area contributed by atoms with Crippen LogP contribution in [0.5, 0.6) is 0 Å². The number of rotatable bonds is 5. The van der Waals surface area contributed by atoms with Crippen LogP contribution in [0.25, 0.3) is 11.4 Å². The van der Waals surface area contributed by atoms with Crippen LogP contribution in [0.2, 0.25) is 0 Å². The van der Waals surface area contributed by atoms with Crippen molar-refractivity contribution >= 4 is 15.8 Å². The molecule has 1 fully saturated rings. The van der Waals surface area contributed by atoms with E-state index in [0.29, 0.717) is 36.9 Å². The van der Waals surface area contributed by atoms with E-state index < -0.39 is 10.0 Å². The topological polar surface area (TPSA) is 84.2 Å². The molecule has 4 rings (SSSR count). The van der Waals surface area contributed by atoms with Crippen molar-refractivity contribution in [3.05, 3.63) is 54.0 Å². The van der Waals surface area contributed by atoms with Crippen LogP contribution in [-0.2, 0) is 16.6 Å². The van der Waals surface area contributed by atoms with Crippen LogP contribution in [-0.4, -0.2) is 58.7 Å². The predicted octanol–water partition coefficient (Wildman–Crippen LogP) is 2.49. The van der Waals surface area contributed by atoms with Crippen molar-refractivity contribution < 1.29 is 8.42 Å². The molecule has 0 N–H and O–H groups in total. The van der Waals surface area contributed by atoms with Crippen LogP contribution in [0.4, 0.5) is 5.82 Å². The SMILES string of the molecule is CCn1ccc(-c2cc(N3CCN(S(=O)(=O)c4ccc(C)cc4)CC3)nc(C)n2)n1. The van der Waals surface area contributed by atoms with E-state index in [9.17, 15) is 8.42 Å². The van der Waals surface area contributed by atoms with Gasteiger partial charge in [-0.05, 0) is 39.0 Å². The quantitative estimate of drug-likeness (QED) is 0.623. The molecule has 0 bridgehead atoms. The molecule has 1 aliphatic rings. The molecule has 1 saturated heterocycles. The van der Waals surface area contributed by atoms with Gasteiger partial charge in [0.2, 0.25) is 10.0 Å². The number of aryl methyl sites for hydroxylation is 3. The van der Waals surface area contributed by atoms with Crippen LogP contribution < -0.4 is 4.90 Å². The number of hydrogen-bond donors (Lipinski definition) is 0. The maximum absolute atomic E-state index is 12.9. The first-order chi connectivity index (χ1) is 14.4. The van der Waals surface area contributed by atoms with E-state index >= 15 is 0 Å². The number of nitrogens with zero attached hydrogens (tertiary/aromatic N) is 6. The zero-order valence-electron chi connectivity index (χ0n) is 17.5. The lowest BCUT2D eigenvalue weighted by molar-refractivity contribution is 0.383. The molecule has 0 saturated carbocycles. The Kier molecular flexibility index (Phi) is 5.57. The lowest BCUT2D eigenvalue weighted by Gasteiger charge is -2.34. The second-order valence-corrected chi connectivity index (χ2v) is 9.36. The van der Waals surface area contributed by atoms with Gasteiger partial charge in [-0.3, -0.25) is 4.68 Å². The van der Waals surface area contributed by atoms with Crippen LogP contribution in [0.1, 0.15) is 18.3 Å². The Bertz CT molecular complexity index is 1130. The Morgan fingerprint density at radius 3 is 2.27 bits per heavy atom. The molecule has 0 aliphatic carbocycles. The third kappa shape index (κ3) is 4.08. The van der Waals surface area contributed by atoms with Crippen molar-refractivity contribution in [2.45, 2.75) is 32.2 Å². The summed E-state index contributed by atoms with van der Waals surface area (Å²) in [5.74, 6) is 1.47. The van der Waals surface area contributed by atoms with Gasteiger partial charge in [0.15, 0.2) is 0 Å². The number of hydrogen-bond acceptors (Lipinski definition) is 6. The van der Waals surface area contributed by atoms with Crippen LogP contribution in [0.15, 0.2) is 47.5 Å². The fourth-order valence-electron chi connectivity index (χ4n) is 3.54. The van der Waals surface area contributed by atoms with E-state index in [2.05, 4.69) is 20.0 Å². The van der Waals surface area contributed by atoms with Gasteiger partial charge in [-0.2, -0.15) is 9.40 Å². The summed E-state index contributed by atoms with van der Waals surface area (Å²) in [6.07, 6.45) is 1.93. The number of aromatic nitrogens is 4. The number of benzene rings is 1. The molecule has 3 aromatic rings. The first kappa shape index (κ1) is 20.5. The van der Waals surface area contributed by atoms with Crippen molar-refractivity contribution in [1.82, 2.24) is 24.1 Å². The predicted molar refractivity (Wildman–Crippen MR) is 116 cm³/mol. The first-order valence-electron chi connectivity index (χ1n) is 10.1. The summed E-state index contributed by atoms with van der Waals surface area (Å²) in [5, 5.41) is 4.53. The van der Waals surface area contributed by atoms with Gasteiger partial charge >= 0.3 is 0 Å². The Morgan fingerprint density at radius 2 is 1.63 bits per heavy atom. The van der Waals surface area contributed by atoms with E-state index in [1.807, 2.05) is 55.9 Å². The maximum atomic E-state index is 12.9. The Balaban J connectivity index is 1.51. The molecule has 0 unspecified atom stereocenters. The smallest absolute Gasteiger partial charge is 0.243 e. The van der Waals surface area contributed by atoms with Crippen molar-refractivity contribution in [2.24, 2.45) is 0 Å². The first-order valence-corrected chi connectivity index (χ1v) is 11.5. The molecule has 1 aromatic carbocycles. The summed E-state index contributed by atoms with van der Waals surface area (Å²) in [6, 6.07) is 10.9. The highest BCUT2D eigenvalue weighted by Crippen LogP contribution is 2.24. The highest BCUT2D eigenvalue weighted by atomic mass is 32.2. The average molecular weight is 427 g/mol. The third-order valence-corrected chi connectivity index (χ3v) is 7.19. The zero-order valence-corrected chi connectivity index (χ0v) is 18.3. The van der Waals surface area contributed by atoms with E-state index in [4.69, 9.17) is 0 Å². The second-order valence-electron chi connectivity index (χ2n) is 7.42. The second kappa shape index (κ2) is 8.16. The monoisotopic (exact) mass is 426 g/mol. The molecule has 3 heterocycles. The number of piperazine rings is 1. The van der Waals surface area contributed by atoms with Crippen molar-refractivity contribution in [3.8, 4) is 11.4 Å². The van der Waals surface area contributed by atoms with Gasteiger partial charge in [-0.1, -0.05) is 17.7 Å². The fraction of sp³-hybridized carbons (Fsp3) is 0.381. The molecular weight excluding hydrogens is 400 g/mol. The lowest BCUT2D eigenvalue weighted by Crippen LogP contribution is -2.49. The minimum absolute atomic E-state index is 0.341. The number of anilines is 1. The summed E-state index contributed by atoms with van der Waals surface area (Å²) in [6.45, 7) is 8.63. The van der Waals surface area contributed by atoms with E-state index in [0.717, 1.165) is 29.3 Å². The normalized spacial score (nSPS) is 15.5. The van der Waals surface area contributed by atoms with Crippen molar-refractivity contribution in [3.63, 3.8) is 0 Å². The minimum atomic E-state index is -3.48. The van der Waals surface area contributed by atoms with Crippen LogP contribution >= 0.6 is 0 Å². The lowest BCUT2D eigenvalue weighted by atomic mass is 10.2. The highest BCUT2D eigenvalue weighted by molar-refractivity contribution is 7.89. The standard InChI is InChI=1S/C21H26N6O2S/c1-4-26-10-9-19(24-26)20-15-21(23-17(3)22-20)25-11-13-27(14-12-25)30(28,29)18-7-5-16(2)6-8-18/h5-10,15H,4,11-14H2,1-3H3. The van der Waals surface area contributed by atoms with Gasteiger partial charge in [0.05, 0.1) is 10.6 Å². The largest absolute Gasteiger partial charge is 0.354 e. The number of sulfonamides is 1. The molecule has 0 atom stereocenters. The molecule has 2 aromatic heterocycles. The van der Waals surface area contributed by atoms with E-state index in [1.165, 1.54) is 0 Å². The molecule has 9 heteroatoms. The molecule has 0 amide bonds. The van der Waals surface area contributed by atoms with Gasteiger partial charge in [0, 0.05) is 45.0 Å². The molecule has 0 spiro atoms. The minimum Gasteiger partial charge on any atom is -0.354 e. The zero-order chi connectivity index (χ0) is 21.3. The summed E-state index contributed by atoms with van der Waals surface area (Å²) in [4.78, 5) is 11.6. The van der Waals surface area contributed by atoms with Gasteiger partial charge in [-0.25, -0.2) is 18.4 Å². The van der Waals surface area contributed by atoms with Crippen molar-refractivity contribution in [1.29, 1.82) is 0 Å². The molecular formula is C21H26N6O2S. The summed E-state index contributed by atoms with van der Waals surface area (Å²) in [5.41, 5.74) is 2.63. The molecule has 8 nitrogen and oxygen atoms in total. The van der Waals surface area contributed by atoms with Crippen molar-refractivity contribution in [2.75, 3.05) is 31.1 Å². The molecule has 1 aliphatic heterocycles. The fourth-order valence-corrected chi connectivity index (χ4v) is 4.96. The van der Waals surface area contributed by atoms with E-state index in [-0.39, 0.29) is 0 Å². The van der Waals surface area contributed by atoms with Gasteiger partial charge in [-0.15, -0.1) is 0 Å². The Labute approximate surface area is 177 Å². The average Bonchev–Trinajstić information content (AvgIpc) is 3.23. The van der Waals surface area contributed by atoms with Gasteiger partial charge < -0.3 is 4.90 Å². The molecule has 0 radical (unpaired) electrons. The van der Waals surface area contributed by atoms with E-state index in [1.54, 1.807) is 16.4 Å². The molecule has 30 heavy (non-hydrogen) atoms. The van der Waals surface area contributed by atoms with Crippen LogP contribution in [0.3, 0.4) is 0 Å². The summed E-state index contributed by atoms with van der Waals surface area (Å²) >= 11 is 0. The van der Waals surface area contributed by atoms with Gasteiger partial charge in [0.1, 0.15) is 17.3 Å². The summed E-state index contributed by atoms with van der Waals surface area (Å²) < 4.78 is 29.3. The van der Waals surface area contributed by atoms with Crippen LogP contribution in [0, 0.1) is 13.8 Å². The van der Waals surface area contributed by atoms with Gasteiger partial charge in [0.25, 0.3) is 0 Å². The maximum Gasteiger partial charge on any atom is 0.243 e. The summed E-state index contributed by atoms with van der Waals surface area (Å²) in [7, 11) is -3.48. The Morgan fingerprint density at radius 1 is 0.933 bits per heavy atom.